The lowest BCUT2D eigenvalue weighted by Crippen LogP contribution is -2.35. The van der Waals surface area contributed by atoms with Crippen molar-refractivity contribution in [3.05, 3.63) is 5.82 Å². The van der Waals surface area contributed by atoms with Crippen LogP contribution in [0.5, 0.6) is 0 Å². The Hall–Kier alpha value is -0.820. The van der Waals surface area contributed by atoms with E-state index in [-0.39, 0.29) is 0 Å². The van der Waals surface area contributed by atoms with E-state index in [1.807, 2.05) is 0 Å². The van der Waals surface area contributed by atoms with Gasteiger partial charge in [-0.25, -0.2) is 13.8 Å². The summed E-state index contributed by atoms with van der Waals surface area (Å²) in [5.41, 5.74) is 4.91. The maximum absolute atomic E-state index is 12.8. The van der Waals surface area contributed by atoms with Gasteiger partial charge in [-0.1, -0.05) is 0 Å². The fourth-order valence-corrected chi connectivity index (χ4v) is 1.73. The monoisotopic (exact) mass is 234 g/mol. The first-order valence-electron chi connectivity index (χ1n) is 4.76. The topological polar surface area (TPSA) is 63.8 Å². The lowest BCUT2D eigenvalue weighted by molar-refractivity contribution is 0.0254. The lowest BCUT2D eigenvalue weighted by atomic mass is 10.3. The van der Waals surface area contributed by atoms with Crippen LogP contribution in [0, 0.1) is 0 Å². The first-order valence-corrected chi connectivity index (χ1v) is 5.53. The van der Waals surface area contributed by atoms with Crippen LogP contribution in [-0.4, -0.2) is 28.4 Å². The predicted molar refractivity (Wildman–Crippen MR) is 54.4 cm³/mol. The van der Waals surface area contributed by atoms with Crippen molar-refractivity contribution < 1.29 is 8.78 Å². The Morgan fingerprint density at radius 3 is 2.87 bits per heavy atom. The average Bonchev–Trinajstić information content (AvgIpc) is 2.96. The maximum Gasteiger partial charge on any atom is 0.276 e. The molecule has 0 amide bonds. The number of rotatable bonds is 5. The van der Waals surface area contributed by atoms with Crippen LogP contribution in [0.4, 0.5) is 13.9 Å². The number of nitrogens with two attached hydrogens (primary N) is 1. The second kappa shape index (κ2) is 3.97. The quantitative estimate of drug-likeness (QED) is 0.808. The van der Waals surface area contributed by atoms with Gasteiger partial charge < -0.3 is 11.1 Å². The van der Waals surface area contributed by atoms with E-state index in [0.717, 1.165) is 30.2 Å². The van der Waals surface area contributed by atoms with Gasteiger partial charge in [0.05, 0.1) is 13.1 Å². The first-order chi connectivity index (χ1) is 7.11. The molecule has 4 nitrogen and oxygen atoms in total. The van der Waals surface area contributed by atoms with E-state index >= 15 is 0 Å². The number of aromatic nitrogens is 2. The van der Waals surface area contributed by atoms with Gasteiger partial charge in [-0.3, -0.25) is 0 Å². The highest BCUT2D eigenvalue weighted by Gasteiger charge is 2.29. The van der Waals surface area contributed by atoms with E-state index in [1.165, 1.54) is 0 Å². The molecule has 1 aromatic rings. The normalized spacial score (nSPS) is 16.7. The van der Waals surface area contributed by atoms with Crippen molar-refractivity contribution in [2.45, 2.75) is 24.7 Å². The molecule has 0 spiro atoms. The molecular weight excluding hydrogens is 222 g/mol. The Bertz CT molecular complexity index is 337. The van der Waals surface area contributed by atoms with Crippen LogP contribution >= 0.6 is 11.5 Å². The third-order valence-corrected chi connectivity index (χ3v) is 2.87. The predicted octanol–water partition coefficient (Wildman–Crippen LogP) is 1.42. The Kier molecular flexibility index (Phi) is 2.83. The lowest BCUT2D eigenvalue weighted by Gasteiger charge is -2.13. The summed E-state index contributed by atoms with van der Waals surface area (Å²) in [6, 6.07) is 0. The van der Waals surface area contributed by atoms with Crippen molar-refractivity contribution in [2.75, 3.05) is 18.4 Å². The molecule has 0 aliphatic heterocycles. The van der Waals surface area contributed by atoms with Crippen LogP contribution < -0.4 is 11.1 Å². The van der Waals surface area contributed by atoms with Crippen LogP contribution in [0.2, 0.25) is 0 Å². The van der Waals surface area contributed by atoms with Gasteiger partial charge in [-0.05, 0) is 12.8 Å². The molecule has 1 aliphatic carbocycles. The van der Waals surface area contributed by atoms with Gasteiger partial charge in [0.25, 0.3) is 5.92 Å². The van der Waals surface area contributed by atoms with Crippen molar-refractivity contribution in [1.29, 1.82) is 0 Å². The minimum atomic E-state index is -2.88. The van der Waals surface area contributed by atoms with E-state index in [9.17, 15) is 8.78 Å². The highest BCUT2D eigenvalue weighted by Crippen LogP contribution is 2.39. The first kappa shape index (κ1) is 10.7. The molecule has 0 unspecified atom stereocenters. The van der Waals surface area contributed by atoms with Crippen molar-refractivity contribution in [1.82, 2.24) is 9.36 Å². The van der Waals surface area contributed by atoms with E-state index in [4.69, 9.17) is 5.73 Å². The molecule has 2 rings (SSSR count). The molecular formula is C8H12F2N4S. The SMILES string of the molecule is NCC(F)(F)CNc1nc(C2CC2)ns1. The van der Waals surface area contributed by atoms with Crippen LogP contribution in [0.1, 0.15) is 24.6 Å². The van der Waals surface area contributed by atoms with Gasteiger partial charge in [0.2, 0.25) is 5.13 Å². The number of anilines is 1. The highest BCUT2D eigenvalue weighted by atomic mass is 32.1. The van der Waals surface area contributed by atoms with E-state index < -0.39 is 19.0 Å². The molecule has 15 heavy (non-hydrogen) atoms. The molecule has 0 radical (unpaired) electrons. The zero-order valence-electron chi connectivity index (χ0n) is 8.04. The van der Waals surface area contributed by atoms with Crippen LogP contribution in [0.15, 0.2) is 0 Å². The molecule has 1 heterocycles. The summed E-state index contributed by atoms with van der Waals surface area (Å²) in [7, 11) is 0. The van der Waals surface area contributed by atoms with E-state index in [1.54, 1.807) is 0 Å². The fraction of sp³-hybridized carbons (Fsp3) is 0.750. The molecule has 7 heteroatoms. The minimum absolute atomic E-state index is 0.449. The van der Waals surface area contributed by atoms with Crippen molar-refractivity contribution in [3.8, 4) is 0 Å². The zero-order chi connectivity index (χ0) is 10.9. The summed E-state index contributed by atoms with van der Waals surface area (Å²) < 4.78 is 29.7. The molecule has 0 bridgehead atoms. The summed E-state index contributed by atoms with van der Waals surface area (Å²) in [6.07, 6.45) is 2.21. The standard InChI is InChI=1S/C8H12F2N4S/c9-8(10,3-11)4-12-7-13-6(14-15-7)5-1-2-5/h5H,1-4,11H2,(H,12,13,14). The Labute approximate surface area is 90.1 Å². The molecule has 1 aromatic heterocycles. The molecule has 3 N–H and O–H groups in total. The Balaban J connectivity index is 1.87. The van der Waals surface area contributed by atoms with Gasteiger partial charge in [-0.2, -0.15) is 4.37 Å². The zero-order valence-corrected chi connectivity index (χ0v) is 8.86. The number of hydrogen-bond donors (Lipinski definition) is 2. The van der Waals surface area contributed by atoms with Crippen molar-refractivity contribution in [2.24, 2.45) is 5.73 Å². The number of nitrogens with one attached hydrogen (secondary N) is 1. The average molecular weight is 234 g/mol. The third kappa shape index (κ3) is 2.82. The maximum atomic E-state index is 12.8. The summed E-state index contributed by atoms with van der Waals surface area (Å²) >= 11 is 1.12. The van der Waals surface area contributed by atoms with Crippen molar-refractivity contribution in [3.63, 3.8) is 0 Å². The minimum Gasteiger partial charge on any atom is -0.354 e. The molecule has 0 aromatic carbocycles. The molecule has 0 atom stereocenters. The molecule has 1 fully saturated rings. The summed E-state index contributed by atoms with van der Waals surface area (Å²) in [6.45, 7) is -1.14. The number of hydrogen-bond acceptors (Lipinski definition) is 5. The molecule has 1 saturated carbocycles. The van der Waals surface area contributed by atoms with Gasteiger partial charge in [0.1, 0.15) is 5.82 Å². The molecule has 0 saturated heterocycles. The van der Waals surface area contributed by atoms with E-state index in [0.29, 0.717) is 11.0 Å². The van der Waals surface area contributed by atoms with Gasteiger partial charge in [-0.15, -0.1) is 0 Å². The largest absolute Gasteiger partial charge is 0.354 e. The van der Waals surface area contributed by atoms with Crippen LogP contribution in [0.3, 0.4) is 0 Å². The van der Waals surface area contributed by atoms with Gasteiger partial charge >= 0.3 is 0 Å². The van der Waals surface area contributed by atoms with Gasteiger partial charge in [0.15, 0.2) is 0 Å². The Morgan fingerprint density at radius 1 is 1.53 bits per heavy atom. The summed E-state index contributed by atoms with van der Waals surface area (Å²) in [4.78, 5) is 4.13. The number of halogens is 2. The number of alkyl halides is 2. The molecule has 84 valence electrons. The van der Waals surface area contributed by atoms with Crippen LogP contribution in [-0.2, 0) is 0 Å². The third-order valence-electron chi connectivity index (χ3n) is 2.18. The Morgan fingerprint density at radius 2 is 2.27 bits per heavy atom. The second-order valence-corrected chi connectivity index (χ2v) is 4.40. The second-order valence-electron chi connectivity index (χ2n) is 3.65. The number of nitrogens with zero attached hydrogens (tertiary/aromatic N) is 2. The van der Waals surface area contributed by atoms with Crippen LogP contribution in [0.25, 0.3) is 0 Å². The highest BCUT2D eigenvalue weighted by molar-refractivity contribution is 7.09. The summed E-state index contributed by atoms with van der Waals surface area (Å²) in [5.74, 6) is -1.66. The molecule has 1 aliphatic rings. The van der Waals surface area contributed by atoms with Crippen molar-refractivity contribution >= 4 is 16.7 Å². The van der Waals surface area contributed by atoms with E-state index in [2.05, 4.69) is 14.7 Å². The fourth-order valence-electron chi connectivity index (χ4n) is 1.09. The smallest absolute Gasteiger partial charge is 0.276 e. The van der Waals surface area contributed by atoms with Gasteiger partial charge in [0, 0.05) is 17.5 Å². The summed E-state index contributed by atoms with van der Waals surface area (Å²) in [5, 5.41) is 3.00.